The summed E-state index contributed by atoms with van der Waals surface area (Å²) in [5.41, 5.74) is -0.386. The van der Waals surface area contributed by atoms with Gasteiger partial charge in [-0.25, -0.2) is 0 Å². The van der Waals surface area contributed by atoms with E-state index in [2.05, 4.69) is 0 Å². The lowest BCUT2D eigenvalue weighted by molar-refractivity contribution is -0.277. The molecular formula is C21H20O11. The molecule has 0 aliphatic carbocycles. The van der Waals surface area contributed by atoms with Crippen LogP contribution >= 0.6 is 0 Å². The molecule has 0 amide bonds. The van der Waals surface area contributed by atoms with Crippen molar-refractivity contribution in [3.63, 3.8) is 0 Å². The number of ether oxygens (including phenoxy) is 2. The van der Waals surface area contributed by atoms with E-state index in [9.17, 15) is 40.5 Å². The number of aromatic hydroxyl groups is 3. The van der Waals surface area contributed by atoms with Gasteiger partial charge in [-0.15, -0.1) is 0 Å². The molecule has 1 aromatic heterocycles. The maximum absolute atomic E-state index is 12.6. The fourth-order valence-corrected chi connectivity index (χ4v) is 3.42. The Morgan fingerprint density at radius 2 is 1.59 bits per heavy atom. The summed E-state index contributed by atoms with van der Waals surface area (Å²) >= 11 is 0. The number of rotatable bonds is 4. The predicted octanol–water partition coefficient (Wildman–Crippen LogP) is -0.245. The van der Waals surface area contributed by atoms with E-state index >= 15 is 0 Å². The number of hydrogen-bond acceptors (Lipinski definition) is 11. The van der Waals surface area contributed by atoms with Crippen molar-refractivity contribution in [2.75, 3.05) is 6.61 Å². The van der Waals surface area contributed by atoms with Crippen molar-refractivity contribution in [3.05, 3.63) is 46.6 Å². The van der Waals surface area contributed by atoms with Crippen LogP contribution in [0, 0.1) is 0 Å². The zero-order chi connectivity index (χ0) is 23.2. The summed E-state index contributed by atoms with van der Waals surface area (Å²) in [6.45, 7) is -0.690. The minimum absolute atomic E-state index is 0.00895. The van der Waals surface area contributed by atoms with E-state index in [1.54, 1.807) is 0 Å². The van der Waals surface area contributed by atoms with Gasteiger partial charge >= 0.3 is 0 Å². The third-order valence-corrected chi connectivity index (χ3v) is 5.17. The number of phenols is 3. The molecule has 7 N–H and O–H groups in total. The van der Waals surface area contributed by atoms with Crippen molar-refractivity contribution in [2.24, 2.45) is 0 Å². The first-order chi connectivity index (χ1) is 15.2. The van der Waals surface area contributed by atoms with Crippen LogP contribution in [0.3, 0.4) is 0 Å². The highest BCUT2D eigenvalue weighted by molar-refractivity contribution is 5.89. The van der Waals surface area contributed by atoms with Gasteiger partial charge in [-0.2, -0.15) is 0 Å². The quantitative estimate of drug-likeness (QED) is 0.261. The van der Waals surface area contributed by atoms with Crippen molar-refractivity contribution < 1.29 is 49.6 Å². The van der Waals surface area contributed by atoms with Crippen LogP contribution < -0.4 is 10.2 Å². The second-order valence-electron chi connectivity index (χ2n) is 7.28. The van der Waals surface area contributed by atoms with Crippen LogP contribution in [0.2, 0.25) is 0 Å². The standard InChI is InChI=1S/C21H20O11/c22-7-14-17(26)19(28)20(29)21(32-14)31-13-6-12-15(18(27)16(13)25)10(24)5-11(30-12)8-1-3-9(23)4-2-8/h1-6,14,17,19-23,25-29H,7H2/t14-,17-,19+,20-,21+/m1/s1. The normalized spacial score (nSPS) is 25.7. The molecule has 170 valence electrons. The van der Waals surface area contributed by atoms with Crippen molar-refractivity contribution in [3.8, 4) is 34.3 Å². The van der Waals surface area contributed by atoms with Crippen LogP contribution in [-0.4, -0.2) is 73.1 Å². The lowest BCUT2D eigenvalue weighted by Gasteiger charge is -2.39. The van der Waals surface area contributed by atoms with Gasteiger partial charge in [-0.3, -0.25) is 4.79 Å². The van der Waals surface area contributed by atoms with Crippen LogP contribution in [0.1, 0.15) is 0 Å². The number of hydrogen-bond donors (Lipinski definition) is 7. The number of fused-ring (bicyclic) bond motifs is 1. The Hall–Kier alpha value is -3.35. The number of benzene rings is 2. The zero-order valence-electron chi connectivity index (χ0n) is 16.3. The first-order valence-corrected chi connectivity index (χ1v) is 9.50. The molecule has 2 aromatic carbocycles. The summed E-state index contributed by atoms with van der Waals surface area (Å²) in [6.07, 6.45) is -7.99. The molecule has 1 saturated heterocycles. The summed E-state index contributed by atoms with van der Waals surface area (Å²) in [5, 5.41) is 69.0. The summed E-state index contributed by atoms with van der Waals surface area (Å²) in [6, 6.07) is 7.97. The molecule has 1 aliphatic heterocycles. The first-order valence-electron chi connectivity index (χ1n) is 9.50. The summed E-state index contributed by atoms with van der Waals surface area (Å²) in [5.74, 6) is -2.03. The Kier molecular flexibility index (Phi) is 5.67. The Morgan fingerprint density at radius 1 is 0.906 bits per heavy atom. The van der Waals surface area contributed by atoms with Crippen LogP contribution in [0.25, 0.3) is 22.3 Å². The highest BCUT2D eigenvalue weighted by atomic mass is 16.7. The Morgan fingerprint density at radius 3 is 2.25 bits per heavy atom. The fraction of sp³-hybridized carbons (Fsp3) is 0.286. The van der Waals surface area contributed by atoms with Crippen LogP contribution in [0.5, 0.6) is 23.0 Å². The third-order valence-electron chi connectivity index (χ3n) is 5.17. The van der Waals surface area contributed by atoms with Crippen LogP contribution in [0.4, 0.5) is 0 Å². The van der Waals surface area contributed by atoms with Gasteiger partial charge in [0.2, 0.25) is 12.0 Å². The molecule has 32 heavy (non-hydrogen) atoms. The minimum Gasteiger partial charge on any atom is -0.508 e. The van der Waals surface area contributed by atoms with E-state index < -0.39 is 60.0 Å². The highest BCUT2D eigenvalue weighted by Gasteiger charge is 2.45. The Labute approximate surface area is 179 Å². The summed E-state index contributed by atoms with van der Waals surface area (Å²) in [4.78, 5) is 12.6. The lowest BCUT2D eigenvalue weighted by atomic mass is 9.99. The number of phenolic OH excluding ortho intramolecular Hbond substituents is 3. The van der Waals surface area contributed by atoms with E-state index in [0.29, 0.717) is 5.56 Å². The number of aliphatic hydroxyl groups is 4. The molecule has 4 rings (SSSR count). The second kappa shape index (κ2) is 8.30. The Bertz CT molecular complexity index is 1190. The largest absolute Gasteiger partial charge is 0.508 e. The number of aliphatic hydroxyl groups excluding tert-OH is 4. The highest BCUT2D eigenvalue weighted by Crippen LogP contribution is 2.42. The summed E-state index contributed by atoms with van der Waals surface area (Å²) in [7, 11) is 0. The van der Waals surface area contributed by atoms with Crippen molar-refractivity contribution >= 4 is 11.0 Å². The zero-order valence-corrected chi connectivity index (χ0v) is 16.3. The van der Waals surface area contributed by atoms with E-state index in [4.69, 9.17) is 13.9 Å². The second-order valence-corrected chi connectivity index (χ2v) is 7.28. The van der Waals surface area contributed by atoms with Gasteiger partial charge in [-0.1, -0.05) is 0 Å². The molecule has 5 atom stereocenters. The average molecular weight is 448 g/mol. The van der Waals surface area contributed by atoms with Gasteiger partial charge in [0.15, 0.2) is 16.9 Å². The molecule has 0 bridgehead atoms. The van der Waals surface area contributed by atoms with Gasteiger partial charge in [0.05, 0.1) is 6.61 Å². The molecule has 11 nitrogen and oxygen atoms in total. The van der Waals surface area contributed by atoms with Crippen molar-refractivity contribution in [1.29, 1.82) is 0 Å². The average Bonchev–Trinajstić information content (AvgIpc) is 2.77. The van der Waals surface area contributed by atoms with E-state index in [1.807, 2.05) is 0 Å². The van der Waals surface area contributed by atoms with Crippen LogP contribution in [0.15, 0.2) is 45.6 Å². The molecular weight excluding hydrogens is 428 g/mol. The first kappa shape index (κ1) is 21.9. The van der Waals surface area contributed by atoms with Crippen LogP contribution in [-0.2, 0) is 4.74 Å². The lowest BCUT2D eigenvalue weighted by Crippen LogP contribution is -2.60. The topological polar surface area (TPSA) is 190 Å². The van der Waals surface area contributed by atoms with Gasteiger partial charge in [0.25, 0.3) is 0 Å². The maximum atomic E-state index is 12.6. The fourth-order valence-electron chi connectivity index (χ4n) is 3.42. The Balaban J connectivity index is 1.76. The van der Waals surface area contributed by atoms with E-state index in [0.717, 1.165) is 12.1 Å². The van der Waals surface area contributed by atoms with Gasteiger partial charge in [0.1, 0.15) is 46.9 Å². The smallest absolute Gasteiger partial charge is 0.229 e. The monoisotopic (exact) mass is 448 g/mol. The van der Waals surface area contributed by atoms with E-state index in [1.165, 1.54) is 24.3 Å². The summed E-state index contributed by atoms with van der Waals surface area (Å²) < 4.78 is 16.3. The third kappa shape index (κ3) is 3.72. The molecule has 1 fully saturated rings. The van der Waals surface area contributed by atoms with Gasteiger partial charge < -0.3 is 49.6 Å². The molecule has 0 saturated carbocycles. The molecule has 1 aliphatic rings. The van der Waals surface area contributed by atoms with Crippen molar-refractivity contribution in [2.45, 2.75) is 30.7 Å². The maximum Gasteiger partial charge on any atom is 0.229 e. The van der Waals surface area contributed by atoms with Crippen molar-refractivity contribution in [1.82, 2.24) is 0 Å². The molecule has 11 heteroatoms. The SMILES string of the molecule is O=c1cc(-c2ccc(O)cc2)oc2cc(O[C@H]3O[C@H](CO)[C@@H](O)[C@H](O)[C@H]3O)c(O)c(O)c12. The van der Waals surface area contributed by atoms with Gasteiger partial charge in [-0.05, 0) is 24.3 Å². The molecule has 0 radical (unpaired) electrons. The minimum atomic E-state index is -1.76. The molecule has 0 unspecified atom stereocenters. The molecule has 3 aromatic rings. The molecule has 0 spiro atoms. The predicted molar refractivity (Wildman–Crippen MR) is 107 cm³/mol. The molecule has 2 heterocycles. The van der Waals surface area contributed by atoms with E-state index in [-0.39, 0.29) is 22.5 Å². The van der Waals surface area contributed by atoms with Gasteiger partial charge in [0, 0.05) is 17.7 Å².